The van der Waals surface area contributed by atoms with E-state index >= 15 is 0 Å². The van der Waals surface area contributed by atoms with Gasteiger partial charge in [0, 0.05) is 4.47 Å². The first kappa shape index (κ1) is 18.2. The van der Waals surface area contributed by atoms with Crippen LogP contribution in [0, 0.1) is 5.92 Å². The summed E-state index contributed by atoms with van der Waals surface area (Å²) in [6.07, 6.45) is 2.33. The molecule has 0 spiro atoms. The van der Waals surface area contributed by atoms with E-state index in [9.17, 15) is 14.7 Å². The molecule has 1 heterocycles. The monoisotopic (exact) mass is 412 g/mol. The molecule has 1 fully saturated rings. The zero-order chi connectivity index (χ0) is 17.1. The number of hydrogen-bond acceptors (Lipinski definition) is 5. The minimum atomic E-state index is -1.28. The van der Waals surface area contributed by atoms with Gasteiger partial charge >= 0.3 is 0 Å². The Kier molecular flexibility index (Phi) is 6.00. The average molecular weight is 413 g/mol. The van der Waals surface area contributed by atoms with Gasteiger partial charge in [-0.3, -0.25) is 9.69 Å². The van der Waals surface area contributed by atoms with Crippen LogP contribution < -0.4 is 5.11 Å². The van der Waals surface area contributed by atoms with Gasteiger partial charge in [0.05, 0.1) is 16.9 Å². The quantitative estimate of drug-likeness (QED) is 0.549. The number of aliphatic carboxylic acids is 1. The molecule has 2 atom stereocenters. The number of benzene rings is 1. The van der Waals surface area contributed by atoms with Gasteiger partial charge in [-0.2, -0.15) is 0 Å². The van der Waals surface area contributed by atoms with E-state index < -0.39 is 12.0 Å². The van der Waals surface area contributed by atoms with Crippen LogP contribution in [-0.4, -0.2) is 27.1 Å². The molecule has 0 unspecified atom stereocenters. The minimum absolute atomic E-state index is 0.243. The maximum Gasteiger partial charge on any atom is 0.266 e. The van der Waals surface area contributed by atoms with Crippen molar-refractivity contribution in [2.24, 2.45) is 5.92 Å². The van der Waals surface area contributed by atoms with Gasteiger partial charge in [0.25, 0.3) is 5.91 Å². The Hall–Kier alpha value is -1.18. The fourth-order valence-electron chi connectivity index (χ4n) is 2.28. The SMILES string of the molecule is CC[C@@H](C)[C@@H](C(=O)[O-])N1C(=O)/C(=C/c2cccc(Br)c2)SC1=S. The van der Waals surface area contributed by atoms with Crippen LogP contribution in [0.1, 0.15) is 25.8 Å². The van der Waals surface area contributed by atoms with Crippen LogP contribution in [0.2, 0.25) is 0 Å². The van der Waals surface area contributed by atoms with Crippen LogP contribution in [0.3, 0.4) is 0 Å². The highest BCUT2D eigenvalue weighted by Gasteiger charge is 2.39. The van der Waals surface area contributed by atoms with Gasteiger partial charge in [0.15, 0.2) is 0 Å². The second kappa shape index (κ2) is 7.59. The summed E-state index contributed by atoms with van der Waals surface area (Å²) in [6.45, 7) is 3.65. The second-order valence-electron chi connectivity index (χ2n) is 5.26. The zero-order valence-electron chi connectivity index (χ0n) is 12.6. The molecular formula is C16H15BrNO3S2-. The maximum absolute atomic E-state index is 12.6. The van der Waals surface area contributed by atoms with Crippen molar-refractivity contribution in [1.29, 1.82) is 0 Å². The molecule has 0 aliphatic carbocycles. The Morgan fingerprint density at radius 1 is 1.52 bits per heavy atom. The van der Waals surface area contributed by atoms with Crippen molar-refractivity contribution in [1.82, 2.24) is 4.90 Å². The largest absolute Gasteiger partial charge is 0.548 e. The number of thioether (sulfide) groups is 1. The lowest BCUT2D eigenvalue weighted by Crippen LogP contribution is -2.53. The molecule has 1 aromatic carbocycles. The number of carbonyl (C=O) groups is 2. The first-order valence-electron chi connectivity index (χ1n) is 7.08. The molecule has 1 amide bonds. The zero-order valence-corrected chi connectivity index (χ0v) is 15.8. The summed E-state index contributed by atoms with van der Waals surface area (Å²) in [4.78, 5) is 25.7. The lowest BCUT2D eigenvalue weighted by atomic mass is 9.98. The average Bonchev–Trinajstić information content (AvgIpc) is 2.75. The standard InChI is InChI=1S/C16H16BrNO3S2/c1-3-9(2)13(15(20)21)18-14(19)12(23-16(18)22)8-10-5-4-6-11(17)7-10/h4-9,13H,3H2,1-2H3,(H,20,21)/p-1/b12-8-/t9-,13+/m1/s1. The van der Waals surface area contributed by atoms with Crippen LogP contribution in [0.4, 0.5) is 0 Å². The topological polar surface area (TPSA) is 60.4 Å². The van der Waals surface area contributed by atoms with E-state index in [1.165, 1.54) is 4.90 Å². The molecule has 1 aromatic rings. The van der Waals surface area contributed by atoms with Crippen molar-refractivity contribution in [2.75, 3.05) is 0 Å². The summed E-state index contributed by atoms with van der Waals surface area (Å²) in [7, 11) is 0. The van der Waals surface area contributed by atoms with Gasteiger partial charge in [-0.15, -0.1) is 0 Å². The van der Waals surface area contributed by atoms with E-state index in [-0.39, 0.29) is 16.1 Å². The molecule has 4 nitrogen and oxygen atoms in total. The fraction of sp³-hybridized carbons (Fsp3) is 0.312. The lowest BCUT2D eigenvalue weighted by molar-refractivity contribution is -0.311. The van der Waals surface area contributed by atoms with E-state index in [1.807, 2.05) is 31.2 Å². The van der Waals surface area contributed by atoms with Crippen LogP contribution in [0.25, 0.3) is 6.08 Å². The van der Waals surface area contributed by atoms with E-state index in [0.717, 1.165) is 21.8 Å². The number of carboxylic acid groups (broad SMARTS) is 1. The third-order valence-corrected chi connectivity index (χ3v) is 5.50. The summed E-state index contributed by atoms with van der Waals surface area (Å²) in [5.74, 6) is -1.90. The highest BCUT2D eigenvalue weighted by atomic mass is 79.9. The number of nitrogens with zero attached hydrogens (tertiary/aromatic N) is 1. The Morgan fingerprint density at radius 2 is 2.22 bits per heavy atom. The van der Waals surface area contributed by atoms with Crippen molar-refractivity contribution < 1.29 is 14.7 Å². The number of rotatable bonds is 5. The summed E-state index contributed by atoms with van der Waals surface area (Å²) < 4.78 is 1.15. The molecule has 1 saturated heterocycles. The van der Waals surface area contributed by atoms with Gasteiger partial charge in [-0.25, -0.2) is 0 Å². The molecule has 23 heavy (non-hydrogen) atoms. The molecular weight excluding hydrogens is 398 g/mol. The molecule has 0 saturated carbocycles. The minimum Gasteiger partial charge on any atom is -0.548 e. The van der Waals surface area contributed by atoms with E-state index in [1.54, 1.807) is 13.0 Å². The van der Waals surface area contributed by atoms with Crippen LogP contribution in [0.5, 0.6) is 0 Å². The van der Waals surface area contributed by atoms with Gasteiger partial charge in [-0.1, -0.05) is 72.3 Å². The summed E-state index contributed by atoms with van der Waals surface area (Å²) in [5.41, 5.74) is 0.841. The van der Waals surface area contributed by atoms with Crippen molar-refractivity contribution in [2.45, 2.75) is 26.3 Å². The number of carboxylic acids is 1. The Morgan fingerprint density at radius 3 is 2.78 bits per heavy atom. The van der Waals surface area contributed by atoms with Crippen LogP contribution in [-0.2, 0) is 9.59 Å². The van der Waals surface area contributed by atoms with Crippen molar-refractivity contribution >= 4 is 62.2 Å². The fourth-order valence-corrected chi connectivity index (χ4v) is 4.03. The first-order valence-corrected chi connectivity index (χ1v) is 9.10. The highest BCUT2D eigenvalue weighted by molar-refractivity contribution is 9.10. The van der Waals surface area contributed by atoms with Crippen molar-refractivity contribution in [3.05, 3.63) is 39.2 Å². The maximum atomic E-state index is 12.6. The molecule has 1 aliphatic rings. The van der Waals surface area contributed by atoms with Gasteiger partial charge in [-0.05, 0) is 29.7 Å². The number of thiocarbonyl (C=S) groups is 1. The Balaban J connectivity index is 2.34. The number of hydrogen-bond donors (Lipinski definition) is 0. The lowest BCUT2D eigenvalue weighted by Gasteiger charge is -2.32. The van der Waals surface area contributed by atoms with Gasteiger partial charge in [0.1, 0.15) is 4.32 Å². The molecule has 0 N–H and O–H groups in total. The molecule has 0 radical (unpaired) electrons. The summed E-state index contributed by atoms with van der Waals surface area (Å²) in [5, 5.41) is 11.5. The highest BCUT2D eigenvalue weighted by Crippen LogP contribution is 2.35. The molecule has 7 heteroatoms. The predicted molar refractivity (Wildman–Crippen MR) is 97.4 cm³/mol. The number of carbonyl (C=O) groups excluding carboxylic acids is 2. The number of halogens is 1. The van der Waals surface area contributed by atoms with Crippen LogP contribution >= 0.6 is 39.9 Å². The molecule has 0 bridgehead atoms. The molecule has 1 aliphatic heterocycles. The summed E-state index contributed by atoms with van der Waals surface area (Å²) in [6, 6.07) is 6.44. The third-order valence-electron chi connectivity index (χ3n) is 3.67. The molecule has 122 valence electrons. The molecule has 0 aromatic heterocycles. The Bertz CT molecular complexity index is 690. The first-order chi connectivity index (χ1) is 10.8. The van der Waals surface area contributed by atoms with E-state index in [4.69, 9.17) is 12.2 Å². The van der Waals surface area contributed by atoms with Crippen molar-refractivity contribution in [3.63, 3.8) is 0 Å². The van der Waals surface area contributed by atoms with E-state index in [0.29, 0.717) is 11.3 Å². The van der Waals surface area contributed by atoms with E-state index in [2.05, 4.69) is 15.9 Å². The predicted octanol–water partition coefficient (Wildman–Crippen LogP) is 2.81. The second-order valence-corrected chi connectivity index (χ2v) is 7.85. The van der Waals surface area contributed by atoms with Gasteiger partial charge in [0.2, 0.25) is 0 Å². The third kappa shape index (κ3) is 4.02. The Labute approximate surface area is 153 Å². The van der Waals surface area contributed by atoms with Crippen molar-refractivity contribution in [3.8, 4) is 0 Å². The van der Waals surface area contributed by atoms with Gasteiger partial charge < -0.3 is 9.90 Å². The number of amides is 1. The smallest absolute Gasteiger partial charge is 0.266 e. The normalized spacial score (nSPS) is 19.3. The van der Waals surface area contributed by atoms with Crippen LogP contribution in [0.15, 0.2) is 33.6 Å². The molecule has 2 rings (SSSR count). The summed E-state index contributed by atoms with van der Waals surface area (Å²) >= 11 is 9.72.